The first-order valence-electron chi connectivity index (χ1n) is 9.71. The van der Waals surface area contributed by atoms with E-state index in [9.17, 15) is 9.90 Å². The Bertz CT molecular complexity index is 287. The fraction of sp³-hybridized carbons (Fsp3) is 0.850. The van der Waals surface area contributed by atoms with Crippen molar-refractivity contribution in [2.45, 2.75) is 109 Å². The lowest BCUT2D eigenvalue weighted by Crippen LogP contribution is -2.05. The normalized spacial score (nSPS) is 12.8. The van der Waals surface area contributed by atoms with Gasteiger partial charge < -0.3 is 10.2 Å². The van der Waals surface area contributed by atoms with Gasteiger partial charge in [0.2, 0.25) is 0 Å². The second kappa shape index (κ2) is 17.5. The molecule has 23 heavy (non-hydrogen) atoms. The predicted octanol–water partition coefficient (Wildman–Crippen LogP) is 5.86. The Balaban J connectivity index is 3.20. The molecule has 136 valence electrons. The van der Waals surface area contributed by atoms with Gasteiger partial charge in [0.05, 0.1) is 6.10 Å². The highest BCUT2D eigenvalue weighted by atomic mass is 16.4. The Labute approximate surface area is 143 Å². The van der Waals surface area contributed by atoms with E-state index in [4.69, 9.17) is 5.11 Å². The van der Waals surface area contributed by atoms with E-state index in [1.54, 1.807) is 0 Å². The van der Waals surface area contributed by atoms with E-state index in [1.165, 1.54) is 44.9 Å². The van der Waals surface area contributed by atoms with E-state index in [0.717, 1.165) is 44.9 Å². The van der Waals surface area contributed by atoms with Crippen molar-refractivity contribution >= 4 is 5.97 Å². The van der Waals surface area contributed by atoms with Gasteiger partial charge in [-0.25, -0.2) is 0 Å². The zero-order valence-corrected chi connectivity index (χ0v) is 15.1. The van der Waals surface area contributed by atoms with Gasteiger partial charge in [0, 0.05) is 6.42 Å². The average Bonchev–Trinajstić information content (AvgIpc) is 2.51. The first-order chi connectivity index (χ1) is 11.2. The number of hydrogen-bond acceptors (Lipinski definition) is 2. The van der Waals surface area contributed by atoms with Gasteiger partial charge in [-0.2, -0.15) is 0 Å². The minimum absolute atomic E-state index is 0.118. The molecule has 0 heterocycles. The van der Waals surface area contributed by atoms with Crippen molar-refractivity contribution in [2.24, 2.45) is 0 Å². The van der Waals surface area contributed by atoms with Crippen molar-refractivity contribution < 1.29 is 15.0 Å². The molecule has 0 amide bonds. The van der Waals surface area contributed by atoms with Crippen LogP contribution in [0.2, 0.25) is 0 Å². The maximum absolute atomic E-state index is 10.4. The van der Waals surface area contributed by atoms with E-state index >= 15 is 0 Å². The second-order valence-corrected chi connectivity index (χ2v) is 6.61. The Hall–Kier alpha value is -0.830. The Morgan fingerprint density at radius 1 is 0.826 bits per heavy atom. The minimum atomic E-state index is -0.676. The molecule has 0 aliphatic rings. The summed E-state index contributed by atoms with van der Waals surface area (Å²) in [6.07, 6.45) is 20.3. The minimum Gasteiger partial charge on any atom is -0.481 e. The number of carboxylic acids is 1. The van der Waals surface area contributed by atoms with Crippen molar-refractivity contribution in [3.8, 4) is 0 Å². The van der Waals surface area contributed by atoms with Crippen LogP contribution in [0.25, 0.3) is 0 Å². The molecule has 0 bridgehead atoms. The lowest BCUT2D eigenvalue weighted by molar-refractivity contribution is -0.137. The fourth-order valence-electron chi connectivity index (χ4n) is 2.72. The third kappa shape index (κ3) is 19.1. The van der Waals surface area contributed by atoms with Crippen molar-refractivity contribution in [1.82, 2.24) is 0 Å². The van der Waals surface area contributed by atoms with E-state index in [-0.39, 0.29) is 6.10 Å². The summed E-state index contributed by atoms with van der Waals surface area (Å²) in [7, 11) is 0. The molecule has 2 N–H and O–H groups in total. The van der Waals surface area contributed by atoms with Gasteiger partial charge in [-0.1, -0.05) is 70.4 Å². The van der Waals surface area contributed by atoms with E-state index in [2.05, 4.69) is 19.1 Å². The summed E-state index contributed by atoms with van der Waals surface area (Å²) in [6.45, 7) is 2.19. The largest absolute Gasteiger partial charge is 0.481 e. The predicted molar refractivity (Wildman–Crippen MR) is 97.7 cm³/mol. The maximum Gasteiger partial charge on any atom is 0.303 e. The first-order valence-corrected chi connectivity index (χ1v) is 9.71. The molecule has 0 aromatic heterocycles. The van der Waals surface area contributed by atoms with Crippen LogP contribution in [0.3, 0.4) is 0 Å². The smallest absolute Gasteiger partial charge is 0.303 e. The van der Waals surface area contributed by atoms with Crippen LogP contribution >= 0.6 is 0 Å². The maximum atomic E-state index is 10.4. The molecule has 0 spiro atoms. The summed E-state index contributed by atoms with van der Waals surface area (Å²) in [5, 5.41) is 18.3. The van der Waals surface area contributed by atoms with Crippen LogP contribution in [-0.4, -0.2) is 22.3 Å². The molecule has 0 fully saturated rings. The van der Waals surface area contributed by atoms with Crippen molar-refractivity contribution in [3.63, 3.8) is 0 Å². The number of aliphatic carboxylic acids is 1. The van der Waals surface area contributed by atoms with E-state index in [0.29, 0.717) is 6.42 Å². The second-order valence-electron chi connectivity index (χ2n) is 6.61. The lowest BCUT2D eigenvalue weighted by atomic mass is 10.1. The number of aliphatic hydroxyl groups is 1. The third-order valence-electron chi connectivity index (χ3n) is 4.24. The van der Waals surface area contributed by atoms with Gasteiger partial charge in [-0.15, -0.1) is 0 Å². The molecule has 0 aromatic carbocycles. The summed E-state index contributed by atoms with van der Waals surface area (Å²) < 4.78 is 0. The number of unbranched alkanes of at least 4 members (excludes halogenated alkanes) is 9. The molecule has 0 aliphatic carbocycles. The summed E-state index contributed by atoms with van der Waals surface area (Å²) in [4.78, 5) is 10.4. The van der Waals surface area contributed by atoms with E-state index in [1.807, 2.05) is 0 Å². The average molecular weight is 327 g/mol. The number of hydrogen-bond donors (Lipinski definition) is 2. The highest BCUT2D eigenvalue weighted by Crippen LogP contribution is 2.11. The Kier molecular flexibility index (Phi) is 16.9. The molecule has 0 aliphatic heterocycles. The van der Waals surface area contributed by atoms with Gasteiger partial charge in [0.25, 0.3) is 0 Å². The summed E-state index contributed by atoms with van der Waals surface area (Å²) in [6, 6.07) is 0. The quantitative estimate of drug-likeness (QED) is 0.260. The van der Waals surface area contributed by atoms with Crippen LogP contribution in [0.15, 0.2) is 12.2 Å². The molecule has 0 radical (unpaired) electrons. The number of aliphatic hydroxyl groups excluding tert-OH is 1. The monoisotopic (exact) mass is 326 g/mol. The van der Waals surface area contributed by atoms with Crippen molar-refractivity contribution in [1.29, 1.82) is 0 Å². The van der Waals surface area contributed by atoms with Gasteiger partial charge >= 0.3 is 5.97 Å². The molecule has 0 saturated heterocycles. The number of carbonyl (C=O) groups is 1. The van der Waals surface area contributed by atoms with Crippen LogP contribution in [0.4, 0.5) is 0 Å². The Morgan fingerprint density at radius 3 is 2.09 bits per heavy atom. The number of carboxylic acid groups (broad SMARTS) is 1. The van der Waals surface area contributed by atoms with Gasteiger partial charge in [0.15, 0.2) is 0 Å². The standard InChI is InChI=1S/C20H38O3/c1-2-3-13-16-19(21)17-14-11-9-7-5-4-6-8-10-12-15-18-20(22)23/h9,11,19,21H,2-8,10,12-18H2,1H3,(H,22,23)/b11-9-/t19-/m1/s1. The van der Waals surface area contributed by atoms with Crippen LogP contribution < -0.4 is 0 Å². The summed E-state index contributed by atoms with van der Waals surface area (Å²) in [5.41, 5.74) is 0. The van der Waals surface area contributed by atoms with Crippen molar-refractivity contribution in [3.05, 3.63) is 12.2 Å². The Morgan fingerprint density at radius 2 is 1.43 bits per heavy atom. The number of rotatable bonds is 17. The van der Waals surface area contributed by atoms with E-state index < -0.39 is 5.97 Å². The highest BCUT2D eigenvalue weighted by Gasteiger charge is 2.01. The van der Waals surface area contributed by atoms with Crippen molar-refractivity contribution in [2.75, 3.05) is 0 Å². The lowest BCUT2D eigenvalue weighted by Gasteiger charge is -2.07. The molecule has 0 rings (SSSR count). The zero-order valence-electron chi connectivity index (χ0n) is 15.1. The zero-order chi connectivity index (χ0) is 17.2. The molecular formula is C20H38O3. The van der Waals surface area contributed by atoms with Gasteiger partial charge in [-0.3, -0.25) is 4.79 Å². The topological polar surface area (TPSA) is 57.5 Å². The molecule has 3 nitrogen and oxygen atoms in total. The van der Waals surface area contributed by atoms with Crippen LogP contribution in [-0.2, 0) is 4.79 Å². The summed E-state index contributed by atoms with van der Waals surface area (Å²) >= 11 is 0. The van der Waals surface area contributed by atoms with Gasteiger partial charge in [0.1, 0.15) is 0 Å². The van der Waals surface area contributed by atoms with Crippen LogP contribution in [0, 0.1) is 0 Å². The van der Waals surface area contributed by atoms with Crippen LogP contribution in [0.5, 0.6) is 0 Å². The molecular weight excluding hydrogens is 288 g/mol. The molecule has 1 atom stereocenters. The molecule has 0 unspecified atom stereocenters. The highest BCUT2D eigenvalue weighted by molar-refractivity contribution is 5.66. The van der Waals surface area contributed by atoms with Gasteiger partial charge in [-0.05, 0) is 38.5 Å². The summed E-state index contributed by atoms with van der Waals surface area (Å²) in [5.74, 6) is -0.676. The number of allylic oxidation sites excluding steroid dienone is 2. The third-order valence-corrected chi connectivity index (χ3v) is 4.24. The first kappa shape index (κ1) is 22.2. The molecule has 0 saturated carbocycles. The SMILES string of the molecule is CCCCC[C@@H](O)CC/C=C\CCCCCCCCCC(=O)O. The van der Waals surface area contributed by atoms with Crippen LogP contribution in [0.1, 0.15) is 103 Å². The fourth-order valence-corrected chi connectivity index (χ4v) is 2.72. The molecule has 3 heteroatoms. The molecule has 0 aromatic rings.